The van der Waals surface area contributed by atoms with Crippen LogP contribution in [0.25, 0.3) is 0 Å². The Morgan fingerprint density at radius 1 is 1.04 bits per heavy atom. The maximum absolute atomic E-state index is 7.33. The smallest absolute Gasteiger partial charge is 0.0355 e. The van der Waals surface area contributed by atoms with Crippen LogP contribution in [0, 0.1) is 12.3 Å². The van der Waals surface area contributed by atoms with Crippen molar-refractivity contribution in [3.63, 3.8) is 0 Å². The number of aryl methyl sites for hydroxylation is 1. The summed E-state index contributed by atoms with van der Waals surface area (Å²) in [6.07, 6.45) is 12.8. The summed E-state index contributed by atoms with van der Waals surface area (Å²) < 4.78 is 0. The molecule has 0 atom stereocenters. The van der Waals surface area contributed by atoms with Crippen LogP contribution in [-0.2, 0) is 6.42 Å². The Labute approximate surface area is 171 Å². The zero-order valence-electron chi connectivity index (χ0n) is 17.7. The van der Waals surface area contributed by atoms with E-state index >= 15 is 0 Å². The fraction of sp³-hybridized carbons (Fsp3) is 0.192. The Kier molecular flexibility index (Phi) is 14.3. The average Bonchev–Trinajstić information content (AvgIpc) is 2.68. The molecule has 148 valence electrons. The number of allylic oxidation sites excluding steroid dienone is 6. The molecule has 0 aromatic heterocycles. The van der Waals surface area contributed by atoms with Crippen molar-refractivity contribution in [2.45, 2.75) is 34.1 Å². The van der Waals surface area contributed by atoms with Crippen LogP contribution in [0.2, 0.25) is 0 Å². The van der Waals surface area contributed by atoms with Gasteiger partial charge in [-0.15, -0.1) is 0 Å². The number of nitrogens with two attached hydrogens (primary N) is 1. The fourth-order valence-corrected chi connectivity index (χ4v) is 2.16. The highest BCUT2D eigenvalue weighted by Crippen LogP contribution is 2.04. The third-order valence-electron chi connectivity index (χ3n) is 3.62. The van der Waals surface area contributed by atoms with E-state index in [1.165, 1.54) is 22.9 Å². The van der Waals surface area contributed by atoms with Gasteiger partial charge in [0.05, 0.1) is 0 Å². The third-order valence-corrected chi connectivity index (χ3v) is 3.62. The molecule has 2 aromatic rings. The van der Waals surface area contributed by atoms with Gasteiger partial charge in [-0.05, 0) is 51.4 Å². The van der Waals surface area contributed by atoms with E-state index in [1.54, 1.807) is 6.92 Å². The third kappa shape index (κ3) is 13.1. The van der Waals surface area contributed by atoms with E-state index in [1.807, 2.05) is 56.3 Å². The molecule has 0 amide bonds. The number of rotatable bonds is 5. The van der Waals surface area contributed by atoms with Gasteiger partial charge in [-0.25, -0.2) is 0 Å². The minimum atomic E-state index is 0.628. The lowest BCUT2D eigenvalue weighted by Gasteiger charge is -1.97. The number of hydrogen-bond donors (Lipinski definition) is 2. The topological polar surface area (TPSA) is 49.9 Å². The van der Waals surface area contributed by atoms with Crippen LogP contribution in [0.1, 0.15) is 37.5 Å². The minimum absolute atomic E-state index is 0.628. The fourth-order valence-electron chi connectivity index (χ4n) is 2.16. The number of benzene rings is 2. The predicted octanol–water partition coefficient (Wildman–Crippen LogP) is 6.78. The summed E-state index contributed by atoms with van der Waals surface area (Å²) in [4.78, 5) is 0. The quantitative estimate of drug-likeness (QED) is 0.440. The summed E-state index contributed by atoms with van der Waals surface area (Å²) in [5.74, 6) is 0. The van der Waals surface area contributed by atoms with Gasteiger partial charge < -0.3 is 11.1 Å². The molecule has 0 fully saturated rings. The molecule has 0 aliphatic rings. The highest BCUT2D eigenvalue weighted by atomic mass is 14.5. The van der Waals surface area contributed by atoms with Crippen LogP contribution >= 0.6 is 0 Å². The van der Waals surface area contributed by atoms with Crippen molar-refractivity contribution >= 4 is 5.71 Å². The van der Waals surface area contributed by atoms with Gasteiger partial charge >= 0.3 is 0 Å². The van der Waals surface area contributed by atoms with E-state index in [2.05, 4.69) is 61.7 Å². The lowest BCUT2D eigenvalue weighted by Crippen LogP contribution is -1.90. The Bertz CT molecular complexity index is 781. The molecule has 2 rings (SSSR count). The highest BCUT2D eigenvalue weighted by molar-refractivity contribution is 5.96. The van der Waals surface area contributed by atoms with Crippen molar-refractivity contribution in [3.8, 4) is 0 Å². The van der Waals surface area contributed by atoms with Crippen molar-refractivity contribution < 1.29 is 0 Å². The zero-order chi connectivity index (χ0) is 21.2. The van der Waals surface area contributed by atoms with Gasteiger partial charge in [0.25, 0.3) is 0 Å². The van der Waals surface area contributed by atoms with Gasteiger partial charge in [0.1, 0.15) is 0 Å². The molecular formula is C26H34N2. The Balaban J connectivity index is 0.000000483. The van der Waals surface area contributed by atoms with E-state index in [9.17, 15) is 0 Å². The van der Waals surface area contributed by atoms with Gasteiger partial charge in [-0.3, -0.25) is 0 Å². The average molecular weight is 375 g/mol. The first-order valence-electron chi connectivity index (χ1n) is 9.39. The first-order chi connectivity index (χ1) is 13.4. The Hall–Kier alpha value is -3.13. The van der Waals surface area contributed by atoms with Crippen molar-refractivity contribution in [2.75, 3.05) is 0 Å². The normalized spacial score (nSPS) is 10.6. The van der Waals surface area contributed by atoms with E-state index in [0.717, 1.165) is 12.0 Å². The van der Waals surface area contributed by atoms with Crippen LogP contribution in [0.15, 0.2) is 103 Å². The van der Waals surface area contributed by atoms with Crippen LogP contribution < -0.4 is 5.73 Å². The van der Waals surface area contributed by atoms with Crippen molar-refractivity contribution in [1.29, 1.82) is 5.41 Å². The maximum Gasteiger partial charge on any atom is 0.0355 e. The van der Waals surface area contributed by atoms with Gasteiger partial charge in [-0.1, -0.05) is 103 Å². The summed E-state index contributed by atoms with van der Waals surface area (Å²) in [5.41, 5.74) is 10.1. The lowest BCUT2D eigenvalue weighted by molar-refractivity contribution is 1.24. The van der Waals surface area contributed by atoms with Gasteiger partial charge in [-0.2, -0.15) is 0 Å². The van der Waals surface area contributed by atoms with Crippen LogP contribution in [0.3, 0.4) is 0 Å². The molecule has 0 saturated carbocycles. The van der Waals surface area contributed by atoms with E-state index < -0.39 is 0 Å². The number of hydrogen-bond acceptors (Lipinski definition) is 2. The number of nitrogens with one attached hydrogen (secondary N) is 1. The summed E-state index contributed by atoms with van der Waals surface area (Å²) in [6, 6.07) is 18.5. The molecule has 3 N–H and O–H groups in total. The van der Waals surface area contributed by atoms with Gasteiger partial charge in [0.2, 0.25) is 0 Å². The van der Waals surface area contributed by atoms with Gasteiger partial charge in [0.15, 0.2) is 0 Å². The van der Waals surface area contributed by atoms with E-state index in [-0.39, 0.29) is 0 Å². The molecule has 2 nitrogen and oxygen atoms in total. The summed E-state index contributed by atoms with van der Waals surface area (Å²) in [7, 11) is 0. The molecule has 28 heavy (non-hydrogen) atoms. The molecule has 0 saturated heterocycles. The molecular weight excluding hydrogens is 340 g/mol. The van der Waals surface area contributed by atoms with Gasteiger partial charge in [0, 0.05) is 5.71 Å². The first kappa shape index (κ1) is 24.9. The molecule has 2 aromatic carbocycles. The molecule has 0 aliphatic heterocycles. The summed E-state index contributed by atoms with van der Waals surface area (Å²) in [5, 5.41) is 7.33. The molecule has 0 unspecified atom stereocenters. The van der Waals surface area contributed by atoms with Crippen molar-refractivity contribution in [2.24, 2.45) is 5.73 Å². The molecule has 0 radical (unpaired) electrons. The standard InChI is InChI=1S/C15H18.C9H11N.C2H5N/c1-3-4-6-9-14(2)12-13-15-10-7-5-8-11-15;1-7-4-3-5-9(6-7)8(2)10;1-2-3/h3-12H,13H2,1-2H3;3-6,10H,1-2H3;2H,1,3H2/b4-3-,9-6-,14-12-;;. The zero-order valence-corrected chi connectivity index (χ0v) is 17.7. The molecule has 0 heterocycles. The monoisotopic (exact) mass is 374 g/mol. The SMILES string of the molecule is C=CN.CC(=N)c1cccc(C)c1.C\C=C/C=C\C(C)=C/Cc1ccccc1. The van der Waals surface area contributed by atoms with Crippen LogP contribution in [0.4, 0.5) is 0 Å². The van der Waals surface area contributed by atoms with Crippen molar-refractivity contribution in [3.05, 3.63) is 120 Å². The minimum Gasteiger partial charge on any atom is -0.405 e. The maximum atomic E-state index is 7.33. The first-order valence-corrected chi connectivity index (χ1v) is 9.39. The molecule has 0 aliphatic carbocycles. The Morgan fingerprint density at radius 3 is 2.18 bits per heavy atom. The van der Waals surface area contributed by atoms with E-state index in [4.69, 9.17) is 5.41 Å². The predicted molar refractivity (Wildman–Crippen MR) is 126 cm³/mol. The largest absolute Gasteiger partial charge is 0.405 e. The van der Waals surface area contributed by atoms with Crippen LogP contribution in [-0.4, -0.2) is 5.71 Å². The highest BCUT2D eigenvalue weighted by Gasteiger charge is 1.92. The van der Waals surface area contributed by atoms with Crippen molar-refractivity contribution in [1.82, 2.24) is 0 Å². The molecule has 0 bridgehead atoms. The molecule has 2 heteroatoms. The Morgan fingerprint density at radius 2 is 1.68 bits per heavy atom. The second-order valence-corrected chi connectivity index (χ2v) is 6.25. The second-order valence-electron chi connectivity index (χ2n) is 6.25. The van der Waals surface area contributed by atoms with E-state index in [0.29, 0.717) is 5.71 Å². The summed E-state index contributed by atoms with van der Waals surface area (Å²) in [6.45, 7) is 11.1. The summed E-state index contributed by atoms with van der Waals surface area (Å²) >= 11 is 0. The van der Waals surface area contributed by atoms with Crippen LogP contribution in [0.5, 0.6) is 0 Å². The lowest BCUT2D eigenvalue weighted by atomic mass is 10.1. The molecule has 0 spiro atoms. The second kappa shape index (κ2) is 16.1.